The maximum Gasteiger partial charge on any atom is 0.169 e. The minimum atomic E-state index is 0.714. The van der Waals surface area contributed by atoms with Crippen LogP contribution in [0.4, 0.5) is 0 Å². The molecule has 0 aliphatic rings. The molecule has 106 valence electrons. The second-order valence-corrected chi connectivity index (χ2v) is 5.20. The Balaban J connectivity index is 2.29. The zero-order valence-electron chi connectivity index (χ0n) is 11.7. The monoisotopic (exact) mass is 335 g/mol. The highest BCUT2D eigenvalue weighted by Gasteiger charge is 2.09. The Hall–Kier alpha value is -1.52. The van der Waals surface area contributed by atoms with Gasteiger partial charge in [0, 0.05) is 16.6 Å². The molecule has 2 aromatic rings. The molecule has 0 atom stereocenters. The Morgan fingerprint density at radius 2 is 1.80 bits per heavy atom. The molecule has 2 aromatic carbocycles. The summed E-state index contributed by atoms with van der Waals surface area (Å²) in [6.45, 7) is 3.78. The molecule has 0 aliphatic carbocycles. The van der Waals surface area contributed by atoms with Crippen molar-refractivity contribution in [3.63, 3.8) is 0 Å². The van der Waals surface area contributed by atoms with Crippen LogP contribution >= 0.6 is 15.9 Å². The van der Waals surface area contributed by atoms with Crippen molar-refractivity contribution in [1.82, 2.24) is 5.32 Å². The number of halogens is 1. The van der Waals surface area contributed by atoms with Crippen LogP contribution in [0.15, 0.2) is 46.9 Å². The van der Waals surface area contributed by atoms with Crippen molar-refractivity contribution >= 4 is 15.9 Å². The van der Waals surface area contributed by atoms with Gasteiger partial charge in [-0.05, 0) is 30.8 Å². The van der Waals surface area contributed by atoms with E-state index >= 15 is 0 Å². The smallest absolute Gasteiger partial charge is 0.169 e. The van der Waals surface area contributed by atoms with Crippen molar-refractivity contribution in [2.45, 2.75) is 13.5 Å². The fraction of sp³-hybridized carbons (Fsp3) is 0.250. The molecule has 0 saturated heterocycles. The predicted molar refractivity (Wildman–Crippen MR) is 84.6 cm³/mol. The molecule has 2 rings (SSSR count). The van der Waals surface area contributed by atoms with Gasteiger partial charge in [0.05, 0.1) is 7.11 Å². The van der Waals surface area contributed by atoms with Crippen molar-refractivity contribution in [3.8, 4) is 17.2 Å². The molecular formula is C16H18BrNO2. The fourth-order valence-corrected chi connectivity index (χ4v) is 2.19. The molecule has 0 saturated carbocycles. The van der Waals surface area contributed by atoms with E-state index in [2.05, 4.69) is 34.2 Å². The number of nitrogens with one attached hydrogen (secondary N) is 1. The van der Waals surface area contributed by atoms with Gasteiger partial charge in [0.25, 0.3) is 0 Å². The lowest BCUT2D eigenvalue weighted by Gasteiger charge is -2.14. The van der Waals surface area contributed by atoms with Gasteiger partial charge >= 0.3 is 0 Å². The summed E-state index contributed by atoms with van der Waals surface area (Å²) in [5.41, 5.74) is 1.11. The van der Waals surface area contributed by atoms with E-state index in [1.54, 1.807) is 7.11 Å². The summed E-state index contributed by atoms with van der Waals surface area (Å²) < 4.78 is 12.3. The zero-order valence-corrected chi connectivity index (χ0v) is 13.2. The lowest BCUT2D eigenvalue weighted by atomic mass is 10.2. The van der Waals surface area contributed by atoms with Crippen molar-refractivity contribution in [2.24, 2.45) is 0 Å². The largest absolute Gasteiger partial charge is 0.493 e. The number of hydrogen-bond donors (Lipinski definition) is 1. The lowest BCUT2D eigenvalue weighted by Crippen LogP contribution is -2.12. The van der Waals surface area contributed by atoms with Crippen LogP contribution in [-0.4, -0.2) is 13.7 Å². The van der Waals surface area contributed by atoms with Gasteiger partial charge in [0.15, 0.2) is 11.5 Å². The summed E-state index contributed by atoms with van der Waals surface area (Å²) in [6, 6.07) is 13.7. The first-order valence-electron chi connectivity index (χ1n) is 6.54. The molecule has 0 unspecified atom stereocenters. The van der Waals surface area contributed by atoms with Gasteiger partial charge in [-0.2, -0.15) is 0 Å². The molecule has 1 N–H and O–H groups in total. The van der Waals surface area contributed by atoms with Crippen LogP contribution in [0.1, 0.15) is 12.5 Å². The van der Waals surface area contributed by atoms with E-state index in [1.165, 1.54) is 0 Å². The molecule has 0 amide bonds. The third-order valence-electron chi connectivity index (χ3n) is 2.88. The minimum absolute atomic E-state index is 0.714. The van der Waals surface area contributed by atoms with Crippen molar-refractivity contribution < 1.29 is 9.47 Å². The summed E-state index contributed by atoms with van der Waals surface area (Å²) in [5.74, 6) is 2.26. The van der Waals surface area contributed by atoms with Crippen LogP contribution in [0.3, 0.4) is 0 Å². The summed E-state index contributed by atoms with van der Waals surface area (Å²) in [6.07, 6.45) is 0. The second kappa shape index (κ2) is 7.31. The van der Waals surface area contributed by atoms with Crippen LogP contribution in [0.25, 0.3) is 0 Å². The first-order valence-corrected chi connectivity index (χ1v) is 7.34. The molecule has 0 aromatic heterocycles. The highest BCUT2D eigenvalue weighted by molar-refractivity contribution is 9.10. The van der Waals surface area contributed by atoms with Crippen LogP contribution in [0.5, 0.6) is 17.2 Å². The van der Waals surface area contributed by atoms with Gasteiger partial charge in [-0.3, -0.25) is 0 Å². The van der Waals surface area contributed by atoms with Gasteiger partial charge < -0.3 is 14.8 Å². The quantitative estimate of drug-likeness (QED) is 0.850. The molecule has 0 aliphatic heterocycles. The average Bonchev–Trinajstić information content (AvgIpc) is 2.47. The summed E-state index contributed by atoms with van der Waals surface area (Å²) in [5, 5.41) is 3.31. The number of rotatable bonds is 6. The van der Waals surface area contributed by atoms with Crippen molar-refractivity contribution in [1.29, 1.82) is 0 Å². The van der Waals surface area contributed by atoms with Crippen LogP contribution < -0.4 is 14.8 Å². The molecule has 0 fully saturated rings. The highest BCUT2D eigenvalue weighted by atomic mass is 79.9. The van der Waals surface area contributed by atoms with E-state index in [1.807, 2.05) is 36.4 Å². The number of methoxy groups -OCH3 is 1. The van der Waals surface area contributed by atoms with E-state index < -0.39 is 0 Å². The molecule has 0 radical (unpaired) electrons. The molecule has 0 bridgehead atoms. The molecule has 20 heavy (non-hydrogen) atoms. The van der Waals surface area contributed by atoms with E-state index in [4.69, 9.17) is 9.47 Å². The third kappa shape index (κ3) is 3.74. The Bertz CT molecular complexity index is 572. The molecule has 0 heterocycles. The normalized spacial score (nSPS) is 10.3. The van der Waals surface area contributed by atoms with Gasteiger partial charge in [0.1, 0.15) is 5.75 Å². The number of ether oxygens (including phenoxy) is 2. The highest BCUT2D eigenvalue weighted by Crippen LogP contribution is 2.34. The molecule has 4 heteroatoms. The summed E-state index contributed by atoms with van der Waals surface area (Å²) in [7, 11) is 1.64. The van der Waals surface area contributed by atoms with E-state index in [0.29, 0.717) is 5.75 Å². The Morgan fingerprint density at radius 1 is 1.05 bits per heavy atom. The first kappa shape index (κ1) is 14.9. The molecule has 0 spiro atoms. The average molecular weight is 336 g/mol. The van der Waals surface area contributed by atoms with Crippen LogP contribution in [0.2, 0.25) is 0 Å². The van der Waals surface area contributed by atoms with Gasteiger partial charge in [-0.1, -0.05) is 41.1 Å². The second-order valence-electron chi connectivity index (χ2n) is 4.29. The first-order chi connectivity index (χ1) is 9.74. The number of benzene rings is 2. The van der Waals surface area contributed by atoms with Gasteiger partial charge in [-0.25, -0.2) is 0 Å². The number of para-hydroxylation sites is 2. The SMILES string of the molecule is CCNCc1ccc(Br)cc1Oc1ccccc1OC. The van der Waals surface area contributed by atoms with Crippen LogP contribution in [-0.2, 0) is 6.54 Å². The van der Waals surface area contributed by atoms with Gasteiger partial charge in [0.2, 0.25) is 0 Å². The van der Waals surface area contributed by atoms with E-state index in [-0.39, 0.29) is 0 Å². The predicted octanol–water partition coefficient (Wildman–Crippen LogP) is 4.36. The maximum absolute atomic E-state index is 6.01. The fourth-order valence-electron chi connectivity index (χ4n) is 1.85. The maximum atomic E-state index is 6.01. The molecule has 3 nitrogen and oxygen atoms in total. The van der Waals surface area contributed by atoms with E-state index in [0.717, 1.165) is 34.6 Å². The van der Waals surface area contributed by atoms with Crippen molar-refractivity contribution in [2.75, 3.05) is 13.7 Å². The number of hydrogen-bond acceptors (Lipinski definition) is 3. The Labute approximate surface area is 128 Å². The van der Waals surface area contributed by atoms with Crippen molar-refractivity contribution in [3.05, 3.63) is 52.5 Å². The summed E-state index contributed by atoms with van der Waals surface area (Å²) in [4.78, 5) is 0. The third-order valence-corrected chi connectivity index (χ3v) is 3.38. The zero-order chi connectivity index (χ0) is 14.4. The van der Waals surface area contributed by atoms with Gasteiger partial charge in [-0.15, -0.1) is 0 Å². The Kier molecular flexibility index (Phi) is 5.44. The topological polar surface area (TPSA) is 30.5 Å². The molecular weight excluding hydrogens is 318 g/mol. The minimum Gasteiger partial charge on any atom is -0.493 e. The standard InChI is InChI=1S/C16H18BrNO2/c1-3-18-11-12-8-9-13(17)10-16(12)20-15-7-5-4-6-14(15)19-2/h4-10,18H,3,11H2,1-2H3. The van der Waals surface area contributed by atoms with E-state index in [9.17, 15) is 0 Å². The lowest BCUT2D eigenvalue weighted by molar-refractivity contribution is 0.377. The van der Waals surface area contributed by atoms with Crippen LogP contribution in [0, 0.1) is 0 Å². The summed E-state index contributed by atoms with van der Waals surface area (Å²) >= 11 is 3.48. The Morgan fingerprint density at radius 3 is 2.50 bits per heavy atom.